The minimum absolute atomic E-state index is 0.234. The van der Waals surface area contributed by atoms with E-state index in [1.54, 1.807) is 32.4 Å². The van der Waals surface area contributed by atoms with E-state index in [9.17, 15) is 4.79 Å². The van der Waals surface area contributed by atoms with Gasteiger partial charge in [0.1, 0.15) is 11.5 Å². The highest BCUT2D eigenvalue weighted by Crippen LogP contribution is 2.26. The van der Waals surface area contributed by atoms with Crippen LogP contribution in [0.4, 0.5) is 5.69 Å². The van der Waals surface area contributed by atoms with E-state index in [1.165, 1.54) is 0 Å². The summed E-state index contributed by atoms with van der Waals surface area (Å²) in [6, 6.07) is 4.58. The molecule has 0 saturated heterocycles. The molecule has 0 spiro atoms. The molecule has 0 aliphatic carbocycles. The van der Waals surface area contributed by atoms with Gasteiger partial charge in [-0.3, -0.25) is 4.79 Å². The number of ether oxygens (including phenoxy) is 2. The molecule has 1 rings (SSSR count). The Labute approximate surface area is 114 Å². The van der Waals surface area contributed by atoms with Gasteiger partial charge in [0.25, 0.3) is 0 Å². The second-order valence-electron chi connectivity index (χ2n) is 5.43. The Morgan fingerprint density at radius 1 is 1.16 bits per heavy atom. The summed E-state index contributed by atoms with van der Waals surface area (Å²) in [6.45, 7) is 5.76. The first-order valence-corrected chi connectivity index (χ1v) is 6.07. The van der Waals surface area contributed by atoms with Crippen LogP contribution in [-0.2, 0) is 4.79 Å². The van der Waals surface area contributed by atoms with Gasteiger partial charge < -0.3 is 20.5 Å². The molecule has 19 heavy (non-hydrogen) atoms. The van der Waals surface area contributed by atoms with Crippen LogP contribution in [0.3, 0.4) is 0 Å². The maximum atomic E-state index is 12.0. The van der Waals surface area contributed by atoms with Crippen molar-refractivity contribution in [3.8, 4) is 11.5 Å². The monoisotopic (exact) mass is 266 g/mol. The molecule has 106 valence electrons. The summed E-state index contributed by atoms with van der Waals surface area (Å²) in [7, 11) is 3.11. The molecule has 0 bridgehead atoms. The van der Waals surface area contributed by atoms with Crippen LogP contribution in [0.5, 0.6) is 11.5 Å². The van der Waals surface area contributed by atoms with Gasteiger partial charge in [-0.2, -0.15) is 0 Å². The van der Waals surface area contributed by atoms with Crippen LogP contribution in [-0.4, -0.2) is 26.2 Å². The average molecular weight is 266 g/mol. The number of hydrogen-bond donors (Lipinski definition) is 2. The molecule has 1 atom stereocenters. The maximum Gasteiger partial charge on any atom is 0.241 e. The van der Waals surface area contributed by atoms with Gasteiger partial charge in [0.15, 0.2) is 0 Å². The number of amides is 1. The molecule has 0 aliphatic heterocycles. The van der Waals surface area contributed by atoms with Crippen molar-refractivity contribution in [1.82, 2.24) is 0 Å². The fourth-order valence-corrected chi connectivity index (χ4v) is 1.49. The number of nitrogens with one attached hydrogen (secondary N) is 1. The van der Waals surface area contributed by atoms with Crippen LogP contribution >= 0.6 is 0 Å². The highest BCUT2D eigenvalue weighted by molar-refractivity contribution is 5.95. The molecule has 1 aromatic rings. The van der Waals surface area contributed by atoms with Gasteiger partial charge in [-0.1, -0.05) is 20.8 Å². The zero-order valence-electron chi connectivity index (χ0n) is 12.1. The molecule has 1 amide bonds. The van der Waals surface area contributed by atoms with Gasteiger partial charge in [-0.25, -0.2) is 0 Å². The minimum Gasteiger partial charge on any atom is -0.497 e. The third-order valence-corrected chi connectivity index (χ3v) is 2.83. The summed E-state index contributed by atoms with van der Waals surface area (Å²) in [5.74, 6) is 0.987. The zero-order valence-corrected chi connectivity index (χ0v) is 12.1. The quantitative estimate of drug-likeness (QED) is 0.874. The first-order valence-electron chi connectivity index (χ1n) is 6.07. The molecule has 0 aromatic heterocycles. The molecule has 0 radical (unpaired) electrons. The second kappa shape index (κ2) is 5.93. The summed E-state index contributed by atoms with van der Waals surface area (Å²) in [5, 5.41) is 2.77. The van der Waals surface area contributed by atoms with Gasteiger partial charge >= 0.3 is 0 Å². The zero-order chi connectivity index (χ0) is 14.6. The number of hydrogen-bond acceptors (Lipinski definition) is 4. The first-order chi connectivity index (χ1) is 8.77. The molecule has 5 heteroatoms. The van der Waals surface area contributed by atoms with E-state index >= 15 is 0 Å². The van der Waals surface area contributed by atoms with Crippen molar-refractivity contribution in [2.75, 3.05) is 19.5 Å². The standard InChI is InChI=1S/C14H22N2O3/c1-14(2,3)12(15)13(17)16-9-6-10(18-4)8-11(7-9)19-5/h6-8,12H,15H2,1-5H3,(H,16,17)/t12-/m0/s1. The highest BCUT2D eigenvalue weighted by Gasteiger charge is 2.27. The normalized spacial score (nSPS) is 12.7. The Bertz CT molecular complexity index is 430. The third kappa shape index (κ3) is 4.13. The molecule has 3 N–H and O–H groups in total. The first kappa shape index (κ1) is 15.3. The van der Waals surface area contributed by atoms with Gasteiger partial charge in [-0.05, 0) is 5.41 Å². The number of carbonyl (C=O) groups excluding carboxylic acids is 1. The van der Waals surface area contributed by atoms with Crippen LogP contribution in [0, 0.1) is 5.41 Å². The molecule has 0 heterocycles. The smallest absolute Gasteiger partial charge is 0.241 e. The van der Waals surface area contributed by atoms with Crippen molar-refractivity contribution < 1.29 is 14.3 Å². The van der Waals surface area contributed by atoms with E-state index in [0.29, 0.717) is 17.2 Å². The number of rotatable bonds is 4. The van der Waals surface area contributed by atoms with Crippen LogP contribution in [0.2, 0.25) is 0 Å². The SMILES string of the molecule is COc1cc(NC(=O)[C@H](N)C(C)(C)C)cc(OC)c1. The van der Waals surface area contributed by atoms with Crippen molar-refractivity contribution in [3.63, 3.8) is 0 Å². The van der Waals surface area contributed by atoms with Crippen molar-refractivity contribution in [2.24, 2.45) is 11.1 Å². The maximum absolute atomic E-state index is 12.0. The van der Waals surface area contributed by atoms with E-state index in [2.05, 4.69) is 5.32 Å². The summed E-state index contributed by atoms with van der Waals surface area (Å²) < 4.78 is 10.3. The Balaban J connectivity index is 2.90. The molecule has 1 aromatic carbocycles. The van der Waals surface area contributed by atoms with Crippen molar-refractivity contribution >= 4 is 11.6 Å². The lowest BCUT2D eigenvalue weighted by Crippen LogP contribution is -2.45. The number of carbonyl (C=O) groups is 1. The predicted octanol–water partition coefficient (Wildman–Crippen LogP) is 2.02. The summed E-state index contributed by atoms with van der Waals surface area (Å²) in [6.07, 6.45) is 0. The summed E-state index contributed by atoms with van der Waals surface area (Å²) >= 11 is 0. The topological polar surface area (TPSA) is 73.6 Å². The lowest BCUT2D eigenvalue weighted by atomic mass is 9.87. The minimum atomic E-state index is -0.593. The molecule has 0 aliphatic rings. The number of nitrogens with two attached hydrogens (primary N) is 1. The lowest BCUT2D eigenvalue weighted by Gasteiger charge is -2.25. The predicted molar refractivity (Wildman–Crippen MR) is 75.6 cm³/mol. The number of anilines is 1. The molecular weight excluding hydrogens is 244 g/mol. The molecular formula is C14H22N2O3. The Morgan fingerprint density at radius 2 is 1.63 bits per heavy atom. The van der Waals surface area contributed by atoms with Crippen molar-refractivity contribution in [2.45, 2.75) is 26.8 Å². The van der Waals surface area contributed by atoms with Gasteiger partial charge in [0.2, 0.25) is 5.91 Å². The molecule has 0 unspecified atom stereocenters. The van der Waals surface area contributed by atoms with Crippen LogP contribution in [0.15, 0.2) is 18.2 Å². The summed E-state index contributed by atoms with van der Waals surface area (Å²) in [5.41, 5.74) is 6.21. The molecule has 0 fully saturated rings. The largest absolute Gasteiger partial charge is 0.497 e. The summed E-state index contributed by atoms with van der Waals surface area (Å²) in [4.78, 5) is 12.0. The lowest BCUT2D eigenvalue weighted by molar-refractivity contribution is -0.119. The number of benzene rings is 1. The van der Waals surface area contributed by atoms with Gasteiger partial charge in [0.05, 0.1) is 20.3 Å². The van der Waals surface area contributed by atoms with Crippen LogP contribution in [0.1, 0.15) is 20.8 Å². The van der Waals surface area contributed by atoms with E-state index in [0.717, 1.165) is 0 Å². The van der Waals surface area contributed by atoms with E-state index in [4.69, 9.17) is 15.2 Å². The van der Waals surface area contributed by atoms with E-state index in [-0.39, 0.29) is 11.3 Å². The molecule has 0 saturated carbocycles. The fourth-order valence-electron chi connectivity index (χ4n) is 1.49. The average Bonchev–Trinajstić information content (AvgIpc) is 2.36. The van der Waals surface area contributed by atoms with Crippen molar-refractivity contribution in [1.29, 1.82) is 0 Å². The van der Waals surface area contributed by atoms with Gasteiger partial charge in [-0.15, -0.1) is 0 Å². The van der Waals surface area contributed by atoms with E-state index < -0.39 is 6.04 Å². The van der Waals surface area contributed by atoms with Crippen molar-refractivity contribution in [3.05, 3.63) is 18.2 Å². The third-order valence-electron chi connectivity index (χ3n) is 2.83. The Kier molecular flexibility index (Phi) is 4.78. The highest BCUT2D eigenvalue weighted by atomic mass is 16.5. The van der Waals surface area contributed by atoms with Crippen LogP contribution < -0.4 is 20.5 Å². The van der Waals surface area contributed by atoms with Crippen LogP contribution in [0.25, 0.3) is 0 Å². The molecule has 5 nitrogen and oxygen atoms in total. The van der Waals surface area contributed by atoms with Gasteiger partial charge in [0, 0.05) is 23.9 Å². The van der Waals surface area contributed by atoms with E-state index in [1.807, 2.05) is 20.8 Å². The Hall–Kier alpha value is -1.75. The second-order valence-corrected chi connectivity index (χ2v) is 5.43. The number of methoxy groups -OCH3 is 2. The Morgan fingerprint density at radius 3 is 2.00 bits per heavy atom. The fraction of sp³-hybridized carbons (Fsp3) is 0.500.